The Labute approximate surface area is 144 Å². The zero-order valence-corrected chi connectivity index (χ0v) is 13.6. The number of aromatic nitrogens is 2. The third-order valence-electron chi connectivity index (χ3n) is 4.36. The van der Waals surface area contributed by atoms with Gasteiger partial charge in [-0.25, -0.2) is 4.98 Å². The first kappa shape index (κ1) is 15.4. The van der Waals surface area contributed by atoms with E-state index in [-0.39, 0.29) is 24.3 Å². The molecule has 1 aromatic carbocycles. The Morgan fingerprint density at radius 3 is 2.96 bits per heavy atom. The summed E-state index contributed by atoms with van der Waals surface area (Å²) in [5.74, 6) is -0.157. The molecule has 2 aromatic heterocycles. The van der Waals surface area contributed by atoms with E-state index in [0.29, 0.717) is 12.8 Å². The van der Waals surface area contributed by atoms with E-state index in [0.717, 1.165) is 22.6 Å². The smallest absolute Gasteiger partial charge is 0.226 e. The molecule has 126 valence electrons. The summed E-state index contributed by atoms with van der Waals surface area (Å²) in [4.78, 5) is 28.7. The van der Waals surface area contributed by atoms with Crippen molar-refractivity contribution in [3.8, 4) is 0 Å². The minimum absolute atomic E-state index is 0.0773. The van der Waals surface area contributed by atoms with Gasteiger partial charge in [-0.3, -0.25) is 9.59 Å². The van der Waals surface area contributed by atoms with Gasteiger partial charge in [0, 0.05) is 24.5 Å². The Morgan fingerprint density at radius 1 is 1.24 bits per heavy atom. The summed E-state index contributed by atoms with van der Waals surface area (Å²) >= 11 is 0. The summed E-state index contributed by atoms with van der Waals surface area (Å²) in [7, 11) is 0. The molecule has 25 heavy (non-hydrogen) atoms. The first-order valence-corrected chi connectivity index (χ1v) is 8.30. The molecule has 0 saturated carbocycles. The topological polar surface area (TPSA) is 75.5 Å². The van der Waals surface area contributed by atoms with Crippen molar-refractivity contribution in [1.29, 1.82) is 0 Å². The fourth-order valence-electron chi connectivity index (χ4n) is 3.16. The molecule has 0 saturated heterocycles. The monoisotopic (exact) mass is 334 g/mol. The number of nitrogens with zero attached hydrogens (tertiary/aromatic N) is 2. The maximum Gasteiger partial charge on any atom is 0.226 e. The fraction of sp³-hybridized carbons (Fsp3) is 0.211. The zero-order valence-electron chi connectivity index (χ0n) is 13.6. The highest BCUT2D eigenvalue weighted by Crippen LogP contribution is 2.29. The highest BCUT2D eigenvalue weighted by molar-refractivity contribution is 5.95. The number of hydrogen-bond donors (Lipinski definition) is 2. The van der Waals surface area contributed by atoms with Crippen LogP contribution in [0.2, 0.25) is 0 Å². The number of hydrogen-bond acceptors (Lipinski definition) is 3. The average Bonchev–Trinajstić information content (AvgIpc) is 3.03. The van der Waals surface area contributed by atoms with E-state index in [2.05, 4.69) is 15.6 Å². The molecule has 3 heterocycles. The maximum absolute atomic E-state index is 12.3. The molecule has 1 unspecified atom stereocenters. The molecular weight excluding hydrogens is 316 g/mol. The fourth-order valence-corrected chi connectivity index (χ4v) is 3.16. The molecule has 0 aliphatic carbocycles. The van der Waals surface area contributed by atoms with Gasteiger partial charge in [-0.2, -0.15) is 0 Å². The summed E-state index contributed by atoms with van der Waals surface area (Å²) in [5.41, 5.74) is 3.46. The molecule has 2 N–H and O–H groups in total. The Morgan fingerprint density at radius 2 is 2.08 bits per heavy atom. The van der Waals surface area contributed by atoms with E-state index in [1.165, 1.54) is 0 Å². The number of rotatable bonds is 4. The van der Waals surface area contributed by atoms with Crippen LogP contribution in [0.4, 0.5) is 5.69 Å². The number of imidazole rings is 1. The number of aryl methyl sites for hydroxylation is 1. The largest absolute Gasteiger partial charge is 0.349 e. The van der Waals surface area contributed by atoms with Gasteiger partial charge in [0.05, 0.1) is 18.2 Å². The number of fused-ring (bicyclic) bond motifs is 2. The van der Waals surface area contributed by atoms with E-state index < -0.39 is 0 Å². The van der Waals surface area contributed by atoms with Gasteiger partial charge in [0.15, 0.2) is 0 Å². The van der Waals surface area contributed by atoms with Crippen LogP contribution >= 0.6 is 0 Å². The van der Waals surface area contributed by atoms with Crippen molar-refractivity contribution in [3.05, 3.63) is 66.1 Å². The van der Waals surface area contributed by atoms with Crippen LogP contribution in [0.1, 0.15) is 30.1 Å². The van der Waals surface area contributed by atoms with Gasteiger partial charge in [-0.1, -0.05) is 24.3 Å². The molecule has 6 nitrogen and oxygen atoms in total. The molecular formula is C19H18N4O2. The van der Waals surface area contributed by atoms with Crippen LogP contribution in [0.15, 0.2) is 54.9 Å². The van der Waals surface area contributed by atoms with Gasteiger partial charge in [0.2, 0.25) is 11.8 Å². The van der Waals surface area contributed by atoms with Gasteiger partial charge in [-0.05, 0) is 30.2 Å². The summed E-state index contributed by atoms with van der Waals surface area (Å²) in [6, 6.07) is 13.1. The van der Waals surface area contributed by atoms with Gasteiger partial charge < -0.3 is 15.0 Å². The maximum atomic E-state index is 12.3. The lowest BCUT2D eigenvalue weighted by Crippen LogP contribution is -2.35. The first-order chi connectivity index (χ1) is 12.2. The number of pyridine rings is 1. The normalized spacial score (nSPS) is 16.3. The number of nitrogens with one attached hydrogen (secondary N) is 2. The number of para-hydroxylation sites is 1. The van der Waals surface area contributed by atoms with Gasteiger partial charge >= 0.3 is 0 Å². The van der Waals surface area contributed by atoms with Gasteiger partial charge in [0.1, 0.15) is 5.65 Å². The van der Waals surface area contributed by atoms with Crippen molar-refractivity contribution in [3.63, 3.8) is 0 Å². The molecule has 6 heteroatoms. The third-order valence-corrected chi connectivity index (χ3v) is 4.36. The van der Waals surface area contributed by atoms with E-state index in [1.54, 1.807) is 0 Å². The van der Waals surface area contributed by atoms with Crippen molar-refractivity contribution in [1.82, 2.24) is 14.7 Å². The van der Waals surface area contributed by atoms with Crippen molar-refractivity contribution >= 4 is 23.1 Å². The second kappa shape index (κ2) is 6.39. The van der Waals surface area contributed by atoms with Crippen molar-refractivity contribution in [2.45, 2.75) is 25.3 Å². The molecule has 1 aliphatic heterocycles. The highest BCUT2D eigenvalue weighted by atomic mass is 16.2. The predicted molar refractivity (Wildman–Crippen MR) is 94.1 cm³/mol. The molecule has 0 spiro atoms. The molecule has 1 atom stereocenters. The van der Waals surface area contributed by atoms with E-state index in [1.807, 2.05) is 59.3 Å². The predicted octanol–water partition coefficient (Wildman–Crippen LogP) is 2.47. The second-order valence-electron chi connectivity index (χ2n) is 6.16. The van der Waals surface area contributed by atoms with Crippen LogP contribution in [0.25, 0.3) is 5.65 Å². The molecule has 2 amide bonds. The minimum atomic E-state index is -0.279. The van der Waals surface area contributed by atoms with Gasteiger partial charge in [-0.15, -0.1) is 0 Å². The second-order valence-corrected chi connectivity index (χ2v) is 6.16. The van der Waals surface area contributed by atoms with Crippen LogP contribution in [0.5, 0.6) is 0 Å². The zero-order chi connectivity index (χ0) is 17.2. The lowest BCUT2D eigenvalue weighted by molar-refractivity contribution is -0.122. The average molecular weight is 334 g/mol. The molecule has 3 aromatic rings. The summed E-state index contributed by atoms with van der Waals surface area (Å²) in [6.45, 7) is 0. The van der Waals surface area contributed by atoms with Gasteiger partial charge in [0.25, 0.3) is 0 Å². The Bertz CT molecular complexity index is 914. The van der Waals surface area contributed by atoms with E-state index in [4.69, 9.17) is 0 Å². The molecule has 0 bridgehead atoms. The number of anilines is 1. The first-order valence-electron chi connectivity index (χ1n) is 8.30. The molecule has 4 rings (SSSR count). The quantitative estimate of drug-likeness (QED) is 0.769. The van der Waals surface area contributed by atoms with Crippen molar-refractivity contribution in [2.24, 2.45) is 0 Å². The van der Waals surface area contributed by atoms with Crippen molar-refractivity contribution < 1.29 is 9.59 Å². The SMILES string of the molecule is O=C1CC(NC(=O)CCc2cn3ccccc3n2)c2ccccc2N1. The number of amides is 2. The van der Waals surface area contributed by atoms with E-state index >= 15 is 0 Å². The number of benzene rings is 1. The van der Waals surface area contributed by atoms with Crippen LogP contribution in [0.3, 0.4) is 0 Å². The molecule has 1 aliphatic rings. The summed E-state index contributed by atoms with van der Waals surface area (Å²) < 4.78 is 1.94. The molecule has 0 fully saturated rings. The summed E-state index contributed by atoms with van der Waals surface area (Å²) in [5, 5.41) is 5.81. The third kappa shape index (κ3) is 3.24. The highest BCUT2D eigenvalue weighted by Gasteiger charge is 2.25. The van der Waals surface area contributed by atoms with Crippen LogP contribution in [0, 0.1) is 0 Å². The Balaban J connectivity index is 1.41. The van der Waals surface area contributed by atoms with Crippen LogP contribution in [-0.4, -0.2) is 21.2 Å². The minimum Gasteiger partial charge on any atom is -0.349 e. The van der Waals surface area contributed by atoms with Crippen LogP contribution in [-0.2, 0) is 16.0 Å². The Kier molecular flexibility index (Phi) is 3.93. The molecule has 0 radical (unpaired) electrons. The number of carbonyl (C=O) groups is 2. The Hall–Kier alpha value is -3.15. The van der Waals surface area contributed by atoms with Crippen molar-refractivity contribution in [2.75, 3.05) is 5.32 Å². The lowest BCUT2D eigenvalue weighted by atomic mass is 9.97. The standard InChI is InChI=1S/C19H18N4O2/c24-18(9-8-13-12-23-10-4-3-7-17(23)20-13)22-16-11-19(25)21-15-6-2-1-5-14(15)16/h1-7,10,12,16H,8-9,11H2,(H,21,25)(H,22,24). The number of carbonyl (C=O) groups excluding carboxylic acids is 2. The summed E-state index contributed by atoms with van der Waals surface area (Å²) in [6.07, 6.45) is 5.03. The van der Waals surface area contributed by atoms with Crippen LogP contribution < -0.4 is 10.6 Å². The lowest BCUT2D eigenvalue weighted by Gasteiger charge is -2.26. The van der Waals surface area contributed by atoms with E-state index in [9.17, 15) is 9.59 Å².